The van der Waals surface area contributed by atoms with E-state index in [-0.39, 0.29) is 73.9 Å². The van der Waals surface area contributed by atoms with Crippen molar-refractivity contribution in [3.63, 3.8) is 0 Å². The van der Waals surface area contributed by atoms with Gasteiger partial charge in [-0.25, -0.2) is 14.2 Å². The number of furan rings is 2. The molecule has 0 radical (unpaired) electrons. The number of rotatable bonds is 50. The van der Waals surface area contributed by atoms with Gasteiger partial charge in [-0.1, -0.05) is 144 Å². The third-order valence-corrected chi connectivity index (χ3v) is 16.3. The predicted octanol–water partition coefficient (Wildman–Crippen LogP) is 13.7. The minimum atomic E-state index is -3.38. The molecule has 4 N–H and O–H groups in total. The van der Waals surface area contributed by atoms with Crippen LogP contribution in [0.5, 0.6) is 23.0 Å². The van der Waals surface area contributed by atoms with Gasteiger partial charge < -0.3 is 58.3 Å². The second-order valence-electron chi connectivity index (χ2n) is 22.5. The van der Waals surface area contributed by atoms with Crippen LogP contribution in [0.15, 0.2) is 69.5 Å². The molecule has 0 saturated carbocycles. The maximum absolute atomic E-state index is 13.8. The number of ether oxygens (including phenoxy) is 2. The monoisotopic (exact) mass is 1300 g/mol. The molecule has 24 heteroatoms. The zero-order chi connectivity index (χ0) is 67.0. The van der Waals surface area contributed by atoms with Crippen LogP contribution < -0.4 is 39.8 Å². The van der Waals surface area contributed by atoms with Crippen LogP contribution >= 0.6 is 8.25 Å². The third kappa shape index (κ3) is 26.8. The first-order valence-corrected chi connectivity index (χ1v) is 34.5. The van der Waals surface area contributed by atoms with Gasteiger partial charge in [0.15, 0.2) is 11.5 Å². The largest absolute Gasteiger partial charge is 0.494 e. The van der Waals surface area contributed by atoms with Crippen LogP contribution in [0.25, 0.3) is 22.6 Å². The first kappa shape index (κ1) is 76.6. The number of nitrogens with one attached hydrogen (secondary N) is 4. The first-order valence-electron chi connectivity index (χ1n) is 33.3. The Hall–Kier alpha value is -7.81. The molecule has 4 rings (SSSR count). The van der Waals surface area contributed by atoms with Crippen LogP contribution in [0.1, 0.15) is 231 Å². The van der Waals surface area contributed by atoms with E-state index in [0.29, 0.717) is 86.8 Å². The van der Waals surface area contributed by atoms with E-state index in [0.717, 1.165) is 100 Å². The minimum Gasteiger partial charge on any atom is -0.494 e. The maximum atomic E-state index is 13.8. The van der Waals surface area contributed by atoms with Crippen molar-refractivity contribution in [1.29, 1.82) is 0 Å². The zero-order valence-corrected chi connectivity index (χ0v) is 56.4. The van der Waals surface area contributed by atoms with Crippen molar-refractivity contribution in [1.82, 2.24) is 31.4 Å². The molecule has 2 heterocycles. The Bertz CT molecular complexity index is 2720. The van der Waals surface area contributed by atoms with E-state index in [9.17, 15) is 42.9 Å². The lowest BCUT2D eigenvalue weighted by atomic mass is 9.90. The quantitative estimate of drug-likeness (QED) is 0.0105. The molecular weight excluding hydrogens is 1200 g/mol. The van der Waals surface area contributed by atoms with E-state index < -0.39 is 67.7 Å². The molecule has 0 fully saturated rings. The summed E-state index contributed by atoms with van der Waals surface area (Å²) in [5.74, 6) is -3.57. The summed E-state index contributed by atoms with van der Waals surface area (Å²) in [6.07, 6.45) is 19.4. The number of benzene rings is 2. The lowest BCUT2D eigenvalue weighted by Crippen LogP contribution is -2.49. The number of amides is 6. The van der Waals surface area contributed by atoms with Gasteiger partial charge in [-0.15, -0.1) is 0 Å². The smallest absolute Gasteiger partial charge is 0.418 e. The Balaban J connectivity index is 1.40. The van der Waals surface area contributed by atoms with E-state index >= 15 is 0 Å². The summed E-state index contributed by atoms with van der Waals surface area (Å²) < 4.78 is 49.0. The molecule has 0 aliphatic heterocycles. The van der Waals surface area contributed by atoms with Gasteiger partial charge in [0.25, 0.3) is 11.8 Å². The van der Waals surface area contributed by atoms with Crippen molar-refractivity contribution in [2.45, 2.75) is 222 Å². The van der Waals surface area contributed by atoms with E-state index in [1.54, 1.807) is 38.1 Å². The number of hydrogen-bond donors (Lipinski definition) is 4. The van der Waals surface area contributed by atoms with Gasteiger partial charge in [-0.2, -0.15) is 10.1 Å². The SMILES string of the molecule is CCCCCCCCC(=O)ON(C=O)[C@H](CC)[C@@H](CCCCC)C(=O)NCNC(=O)c1ccc(-c2cc(OCC)cc(O[PH](=O)Oc3cc(OCC)cc(-c4ccc(C(=O)NCNC(=O)[C@H](CCCCC)[C@@H](CC)N(C=O)OC(=O)CCCCCCCC)o4)c3)c2)o1. The van der Waals surface area contributed by atoms with Crippen molar-refractivity contribution < 1.29 is 80.0 Å². The Labute approximate surface area is 543 Å². The fourth-order valence-electron chi connectivity index (χ4n) is 10.6. The normalized spacial score (nSPS) is 12.4. The van der Waals surface area contributed by atoms with Crippen LogP contribution in [0.2, 0.25) is 0 Å². The molecule has 2 aromatic heterocycles. The van der Waals surface area contributed by atoms with Gasteiger partial charge in [0.05, 0.1) is 50.5 Å². The summed E-state index contributed by atoms with van der Waals surface area (Å²) in [7, 11) is -3.38. The van der Waals surface area contributed by atoms with Crippen LogP contribution in [-0.4, -0.2) is 97.1 Å². The summed E-state index contributed by atoms with van der Waals surface area (Å²) in [5.41, 5.74) is 0.801. The van der Waals surface area contributed by atoms with Gasteiger partial charge in [0.2, 0.25) is 24.6 Å². The zero-order valence-electron chi connectivity index (χ0n) is 55.4. The maximum Gasteiger partial charge on any atom is 0.418 e. The summed E-state index contributed by atoms with van der Waals surface area (Å²) in [5, 5.41) is 12.7. The van der Waals surface area contributed by atoms with Gasteiger partial charge in [-0.3, -0.25) is 28.8 Å². The number of hydroxylamine groups is 4. The fourth-order valence-corrected chi connectivity index (χ4v) is 11.3. The van der Waals surface area contributed by atoms with Gasteiger partial charge in [0, 0.05) is 36.1 Å². The minimum absolute atomic E-state index is 0.0818. The number of carbonyl (C=O) groups is 8. The van der Waals surface area contributed by atoms with Gasteiger partial charge in [-0.05, 0) is 101 Å². The topological polar surface area (TPSA) is 290 Å². The first-order chi connectivity index (χ1) is 44.6. The van der Waals surface area contributed by atoms with Gasteiger partial charge in [0.1, 0.15) is 34.5 Å². The average Bonchev–Trinajstić information content (AvgIpc) is 2.09. The van der Waals surface area contributed by atoms with E-state index in [1.165, 1.54) is 36.4 Å². The third-order valence-electron chi connectivity index (χ3n) is 15.5. The summed E-state index contributed by atoms with van der Waals surface area (Å²) >= 11 is 0. The molecule has 0 aliphatic carbocycles. The van der Waals surface area contributed by atoms with Crippen LogP contribution in [0, 0.1) is 11.8 Å². The van der Waals surface area contributed by atoms with Crippen LogP contribution in [0.3, 0.4) is 0 Å². The fraction of sp³-hybridized carbons (Fsp3) is 0.588. The molecule has 2 aromatic carbocycles. The molecule has 0 bridgehead atoms. The number of hydrogen-bond acceptors (Lipinski definition) is 17. The van der Waals surface area contributed by atoms with E-state index in [2.05, 4.69) is 35.1 Å². The van der Waals surface area contributed by atoms with Crippen molar-refractivity contribution >= 4 is 56.6 Å². The summed E-state index contributed by atoms with van der Waals surface area (Å²) in [4.78, 5) is 116. The number of nitrogens with zero attached hydrogens (tertiary/aromatic N) is 2. The highest BCUT2D eigenvalue weighted by Gasteiger charge is 2.35. The second-order valence-corrected chi connectivity index (χ2v) is 23.4. The average molecular weight is 1310 g/mol. The van der Waals surface area contributed by atoms with E-state index in [4.69, 9.17) is 37.0 Å². The lowest BCUT2D eigenvalue weighted by molar-refractivity contribution is -0.204. The Morgan fingerprint density at radius 1 is 0.467 bits per heavy atom. The highest BCUT2D eigenvalue weighted by atomic mass is 31.1. The second kappa shape index (κ2) is 43.9. The Morgan fingerprint density at radius 3 is 1.18 bits per heavy atom. The Morgan fingerprint density at radius 2 is 0.826 bits per heavy atom. The molecule has 0 saturated heterocycles. The number of unbranched alkanes of at least 4 members (excludes halogenated alkanes) is 14. The van der Waals surface area contributed by atoms with Crippen molar-refractivity contribution in [2.75, 3.05) is 26.6 Å². The molecular formula is C68H101N6O17P. The molecule has 23 nitrogen and oxygen atoms in total. The molecule has 4 aromatic rings. The molecule has 0 unspecified atom stereocenters. The van der Waals surface area contributed by atoms with Crippen LogP contribution in [-0.2, 0) is 43.0 Å². The Kier molecular flexibility index (Phi) is 36.5. The van der Waals surface area contributed by atoms with Crippen LogP contribution in [0.4, 0.5) is 0 Å². The molecule has 4 atom stereocenters. The van der Waals surface area contributed by atoms with Gasteiger partial charge >= 0.3 is 20.2 Å². The highest BCUT2D eigenvalue weighted by molar-refractivity contribution is 7.34. The van der Waals surface area contributed by atoms with Crippen molar-refractivity contribution in [3.8, 4) is 45.6 Å². The standard InChI is InChI=1S/C68H101N6O17P/c1-9-17-21-23-25-29-33-63(77)88-73(47-75)57(13-5)55(31-27-19-11-3)65(79)69-45-71-67(81)61-37-35-59(86-61)49-39-51(84-15-7)43-53(41-49)90-92(83)91-54-42-50(40-52(44-54)85-16-8)60-36-38-62(87-60)68(82)72-46-70-66(80)56(32-28-20-12-4)58(14-6)74(48-76)89-64(78)34-30-26-24-22-18-10-2/h35-44,47-48,55-58,92H,9-34,45-46H2,1-8H3,(H,69,79)(H,70,80)(H,71,81)(H,72,82)/t55-,56-,57-,58-/m1/s1. The number of carbonyl (C=O) groups excluding carboxylic acids is 8. The molecule has 6 amide bonds. The van der Waals surface area contributed by atoms with Crippen molar-refractivity contribution in [3.05, 3.63) is 72.2 Å². The molecule has 0 spiro atoms. The summed E-state index contributed by atoms with van der Waals surface area (Å²) in [6.45, 7) is 15.5. The highest BCUT2D eigenvalue weighted by Crippen LogP contribution is 2.39. The van der Waals surface area contributed by atoms with Crippen molar-refractivity contribution in [2.24, 2.45) is 11.8 Å². The molecule has 0 aliphatic rings. The molecule has 510 valence electrons. The van der Waals surface area contributed by atoms with E-state index in [1.807, 2.05) is 27.7 Å². The predicted molar refractivity (Wildman–Crippen MR) is 349 cm³/mol. The molecule has 92 heavy (non-hydrogen) atoms. The lowest BCUT2D eigenvalue weighted by Gasteiger charge is -2.31. The summed E-state index contributed by atoms with van der Waals surface area (Å²) in [6, 6.07) is 13.9.